The topological polar surface area (TPSA) is 124 Å². The molecule has 0 aliphatic heterocycles. The van der Waals surface area contributed by atoms with Gasteiger partial charge in [-0.1, -0.05) is 42.8 Å². The van der Waals surface area contributed by atoms with Crippen LogP contribution in [0.15, 0.2) is 30.4 Å². The number of carbonyl (C=O) groups excluding carboxylic acids is 1. The summed E-state index contributed by atoms with van der Waals surface area (Å²) in [6.07, 6.45) is 11.3. The average Bonchev–Trinajstić information content (AvgIpc) is 3.29. The number of rotatable bonds is 12. The fourth-order valence-corrected chi connectivity index (χ4v) is 5.34. The number of aryl methyl sites for hydroxylation is 2. The first-order valence-electron chi connectivity index (χ1n) is 12.1. The molecule has 0 bridgehead atoms. The number of nitrogens with one attached hydrogen (secondary N) is 1. The predicted molar refractivity (Wildman–Crippen MR) is 143 cm³/mol. The van der Waals surface area contributed by atoms with Gasteiger partial charge in [0.2, 0.25) is 15.9 Å². The van der Waals surface area contributed by atoms with E-state index in [-0.39, 0.29) is 18.1 Å². The summed E-state index contributed by atoms with van der Waals surface area (Å²) < 4.78 is 24.0. The van der Waals surface area contributed by atoms with Crippen LogP contribution in [-0.4, -0.2) is 53.7 Å². The van der Waals surface area contributed by atoms with Crippen molar-refractivity contribution < 1.29 is 28.5 Å². The molecule has 2 rings (SSSR count). The molecule has 1 aliphatic carbocycles. The molecular weight excluding hydrogens is 510 g/mol. The second-order valence-electron chi connectivity index (χ2n) is 8.66. The van der Waals surface area contributed by atoms with Gasteiger partial charge < -0.3 is 15.3 Å². The number of carbonyl (C=O) groups is 1. The number of unbranched alkanes of at least 4 members (excludes halogenated alkanes) is 1. The summed E-state index contributed by atoms with van der Waals surface area (Å²) in [5.41, 5.74) is 0. The maximum atomic E-state index is 11.1. The Labute approximate surface area is 219 Å². The van der Waals surface area contributed by atoms with Crippen LogP contribution >= 0.6 is 22.9 Å². The monoisotopic (exact) mass is 549 g/mol. The number of aliphatic hydroxyl groups is 3. The highest BCUT2D eigenvalue weighted by Gasteiger charge is 2.29. The molecule has 1 aliphatic rings. The van der Waals surface area contributed by atoms with Crippen molar-refractivity contribution >= 4 is 38.9 Å². The minimum Gasteiger partial charge on any atom is -0.393 e. The molecule has 1 aromatic rings. The molecule has 0 radical (unpaired) electrons. The number of thiophene rings is 1. The highest BCUT2D eigenvalue weighted by atomic mass is 35.5. The van der Waals surface area contributed by atoms with Crippen molar-refractivity contribution in [2.45, 2.75) is 90.4 Å². The Balaban J connectivity index is 0.000000367. The molecule has 1 saturated carbocycles. The Morgan fingerprint density at radius 3 is 2.54 bits per heavy atom. The summed E-state index contributed by atoms with van der Waals surface area (Å²) in [7, 11) is -3.38. The lowest BCUT2D eigenvalue weighted by atomic mass is 10.0. The summed E-state index contributed by atoms with van der Waals surface area (Å²) in [5, 5.41) is 29.9. The number of hydrogen-bond donors (Lipinski definition) is 4. The van der Waals surface area contributed by atoms with E-state index in [1.807, 2.05) is 42.9 Å². The van der Waals surface area contributed by atoms with Gasteiger partial charge in [0.1, 0.15) is 0 Å². The van der Waals surface area contributed by atoms with Crippen LogP contribution in [0.25, 0.3) is 0 Å². The van der Waals surface area contributed by atoms with Gasteiger partial charge in [0.05, 0.1) is 29.1 Å². The Morgan fingerprint density at radius 2 is 2.00 bits per heavy atom. The molecule has 0 aromatic carbocycles. The van der Waals surface area contributed by atoms with Crippen molar-refractivity contribution in [1.82, 2.24) is 4.72 Å². The van der Waals surface area contributed by atoms with Gasteiger partial charge in [-0.2, -0.15) is 0 Å². The van der Waals surface area contributed by atoms with Crippen LogP contribution < -0.4 is 4.72 Å². The summed E-state index contributed by atoms with van der Waals surface area (Å²) in [4.78, 5) is 13.4. The van der Waals surface area contributed by atoms with Crippen LogP contribution in [0.5, 0.6) is 0 Å². The largest absolute Gasteiger partial charge is 0.393 e. The fraction of sp³-hybridized carbons (Fsp3) is 0.640. The molecule has 35 heavy (non-hydrogen) atoms. The Kier molecular flexibility index (Phi) is 15.0. The summed E-state index contributed by atoms with van der Waals surface area (Å²) in [6, 6.07) is 1.95. The second kappa shape index (κ2) is 16.5. The number of sulfonamides is 1. The highest BCUT2D eigenvalue weighted by molar-refractivity contribution is 7.90. The van der Waals surface area contributed by atoms with E-state index in [1.54, 1.807) is 17.4 Å². The number of hydrogen-bond acceptors (Lipinski definition) is 7. The zero-order valence-electron chi connectivity index (χ0n) is 20.8. The first-order chi connectivity index (χ1) is 16.5. The Hall–Kier alpha value is -1.23. The SMILES string of the molecule is CC/C=C\CCCC(=O)NS(=O)(=O)CC.Cc1sc(CC[C@H](O)/C=C/[C@@H]2C[C@@H](O)C[C@H]2O)cc1Cl. The molecule has 1 aromatic heterocycles. The molecule has 7 nitrogen and oxygen atoms in total. The third-order valence-electron chi connectivity index (χ3n) is 5.55. The molecule has 0 saturated heterocycles. The van der Waals surface area contributed by atoms with Crippen LogP contribution in [0, 0.1) is 12.8 Å². The second-order valence-corrected chi connectivity index (χ2v) is 12.4. The van der Waals surface area contributed by atoms with Crippen molar-refractivity contribution in [1.29, 1.82) is 0 Å². The van der Waals surface area contributed by atoms with Gasteiger partial charge >= 0.3 is 0 Å². The molecule has 0 spiro atoms. The molecule has 4 atom stereocenters. The van der Waals surface area contributed by atoms with Crippen molar-refractivity contribution in [2.75, 3.05) is 5.75 Å². The fourth-order valence-electron chi connectivity index (χ4n) is 3.49. The minimum atomic E-state index is -3.38. The predicted octanol–water partition coefficient (Wildman–Crippen LogP) is 4.28. The van der Waals surface area contributed by atoms with Gasteiger partial charge in [-0.3, -0.25) is 9.52 Å². The van der Waals surface area contributed by atoms with Crippen LogP contribution in [0.2, 0.25) is 5.02 Å². The lowest BCUT2D eigenvalue weighted by Gasteiger charge is -2.10. The van der Waals surface area contributed by atoms with Gasteiger partial charge in [-0.05, 0) is 64.9 Å². The third-order valence-corrected chi connectivity index (χ3v) is 8.47. The van der Waals surface area contributed by atoms with Gasteiger partial charge in [0.25, 0.3) is 0 Å². The molecule has 10 heteroatoms. The molecule has 200 valence electrons. The first-order valence-corrected chi connectivity index (χ1v) is 15.0. The zero-order chi connectivity index (χ0) is 26.4. The van der Waals surface area contributed by atoms with Crippen LogP contribution in [-0.2, 0) is 21.2 Å². The van der Waals surface area contributed by atoms with Crippen molar-refractivity contribution in [3.63, 3.8) is 0 Å². The standard InChI is InChI=1S/C15H21ClO3S.C10H19NO3S/c1-9-14(16)8-13(20-9)5-4-11(17)3-2-10-6-12(18)7-15(10)19;1-3-5-6-7-8-9-10(12)11-15(13,14)4-2/h2-3,8,10-12,15,17-19H,4-7H2,1H3;5-6H,3-4,7-9H2,1-2H3,(H,11,12)/b3-2+;6-5-/t10-,11-,12-,15-;/m1./s1. The normalized spacial score (nSPS) is 21.3. The van der Waals surface area contributed by atoms with Gasteiger partial charge in [-0.25, -0.2) is 8.42 Å². The van der Waals surface area contributed by atoms with Gasteiger partial charge in [0, 0.05) is 22.1 Å². The third kappa shape index (κ3) is 13.6. The Morgan fingerprint density at radius 1 is 1.29 bits per heavy atom. The zero-order valence-corrected chi connectivity index (χ0v) is 23.2. The number of allylic oxidation sites excluding steroid dienone is 2. The van der Waals surface area contributed by atoms with Gasteiger partial charge in [0.15, 0.2) is 0 Å². The molecule has 1 fully saturated rings. The highest BCUT2D eigenvalue weighted by Crippen LogP contribution is 2.28. The molecule has 1 amide bonds. The van der Waals surface area contributed by atoms with E-state index in [1.165, 1.54) is 11.8 Å². The molecular formula is C25H40ClNO6S2. The maximum absolute atomic E-state index is 11.1. The smallest absolute Gasteiger partial charge is 0.234 e. The average molecular weight is 550 g/mol. The lowest BCUT2D eigenvalue weighted by molar-refractivity contribution is -0.119. The molecule has 1 heterocycles. The van der Waals surface area contributed by atoms with Crippen molar-refractivity contribution in [2.24, 2.45) is 5.92 Å². The van der Waals surface area contributed by atoms with E-state index < -0.39 is 34.2 Å². The molecule has 0 unspecified atom stereocenters. The summed E-state index contributed by atoms with van der Waals surface area (Å²) in [5.74, 6) is -0.520. The number of halogens is 1. The summed E-state index contributed by atoms with van der Waals surface area (Å²) >= 11 is 7.66. The van der Waals surface area contributed by atoms with E-state index in [2.05, 4.69) is 0 Å². The van der Waals surface area contributed by atoms with Crippen molar-refractivity contribution in [3.8, 4) is 0 Å². The van der Waals surface area contributed by atoms with E-state index in [0.29, 0.717) is 25.7 Å². The number of aliphatic hydroxyl groups excluding tert-OH is 3. The first kappa shape index (κ1) is 31.8. The van der Waals surface area contributed by atoms with E-state index in [0.717, 1.165) is 29.2 Å². The number of amides is 1. The summed E-state index contributed by atoms with van der Waals surface area (Å²) in [6.45, 7) is 5.52. The van der Waals surface area contributed by atoms with Crippen molar-refractivity contribution in [3.05, 3.63) is 45.1 Å². The van der Waals surface area contributed by atoms with Gasteiger partial charge in [-0.15, -0.1) is 11.3 Å². The van der Waals surface area contributed by atoms with E-state index in [9.17, 15) is 28.5 Å². The Bertz CT molecular complexity index is 909. The van der Waals surface area contributed by atoms with Crippen LogP contribution in [0.3, 0.4) is 0 Å². The van der Waals surface area contributed by atoms with E-state index >= 15 is 0 Å². The van der Waals surface area contributed by atoms with E-state index in [4.69, 9.17) is 11.6 Å². The quantitative estimate of drug-likeness (QED) is 0.228. The van der Waals surface area contributed by atoms with Crippen LogP contribution in [0.1, 0.15) is 68.5 Å². The molecule has 4 N–H and O–H groups in total. The lowest BCUT2D eigenvalue weighted by Crippen LogP contribution is -2.31. The van der Waals surface area contributed by atoms with Crippen LogP contribution in [0.4, 0.5) is 0 Å². The minimum absolute atomic E-state index is 0.0434. The maximum Gasteiger partial charge on any atom is 0.234 e.